The summed E-state index contributed by atoms with van der Waals surface area (Å²) in [6.45, 7) is 7.86. The van der Waals surface area contributed by atoms with E-state index in [0.29, 0.717) is 10.6 Å². The van der Waals surface area contributed by atoms with Gasteiger partial charge in [0.1, 0.15) is 11.8 Å². The number of carbonyl (C=O) groups excluding carboxylic acids is 2. The van der Waals surface area contributed by atoms with E-state index in [9.17, 15) is 14.7 Å². The molecule has 0 aliphatic heterocycles. The molecule has 0 fully saturated rings. The normalized spacial score (nSPS) is 12.3. The van der Waals surface area contributed by atoms with Gasteiger partial charge in [0.05, 0.1) is 5.69 Å². The van der Waals surface area contributed by atoms with Crippen LogP contribution in [0.1, 0.15) is 43.6 Å². The van der Waals surface area contributed by atoms with Gasteiger partial charge in [0, 0.05) is 10.6 Å². The van der Waals surface area contributed by atoms with E-state index in [1.54, 1.807) is 19.1 Å². The van der Waals surface area contributed by atoms with Gasteiger partial charge in [0.15, 0.2) is 0 Å². The van der Waals surface area contributed by atoms with Crippen LogP contribution in [0.25, 0.3) is 0 Å². The van der Waals surface area contributed by atoms with Gasteiger partial charge in [-0.2, -0.15) is 0 Å². The number of halogens is 1. The predicted octanol–water partition coefficient (Wildman–Crippen LogP) is 4.10. The van der Waals surface area contributed by atoms with Crippen LogP contribution >= 0.6 is 11.6 Å². The molecule has 0 bridgehead atoms. The number of benzene rings is 2. The molecule has 0 aromatic heterocycles. The molecule has 0 aliphatic carbocycles. The Labute approximate surface area is 158 Å². The molecule has 1 atom stereocenters. The summed E-state index contributed by atoms with van der Waals surface area (Å²) in [4.78, 5) is 24.6. The highest BCUT2D eigenvalue weighted by Crippen LogP contribution is 2.26. The lowest BCUT2D eigenvalue weighted by Crippen LogP contribution is -2.41. The van der Waals surface area contributed by atoms with E-state index < -0.39 is 11.9 Å². The minimum Gasteiger partial charge on any atom is -0.506 e. The Bertz CT molecular complexity index is 811. The van der Waals surface area contributed by atoms with Gasteiger partial charge in [-0.1, -0.05) is 44.5 Å². The summed E-state index contributed by atoms with van der Waals surface area (Å²) < 4.78 is 0. The zero-order chi connectivity index (χ0) is 19.5. The van der Waals surface area contributed by atoms with Crippen molar-refractivity contribution in [1.82, 2.24) is 5.32 Å². The van der Waals surface area contributed by atoms with Crippen LogP contribution in [-0.2, 0) is 10.2 Å². The van der Waals surface area contributed by atoms with Crippen LogP contribution in [0.15, 0.2) is 42.5 Å². The molecule has 3 N–H and O–H groups in total. The monoisotopic (exact) mass is 374 g/mol. The van der Waals surface area contributed by atoms with E-state index in [0.717, 1.165) is 5.56 Å². The third kappa shape index (κ3) is 4.99. The van der Waals surface area contributed by atoms with Crippen molar-refractivity contribution in [3.63, 3.8) is 0 Å². The lowest BCUT2D eigenvalue weighted by Gasteiger charge is -2.19. The minimum absolute atomic E-state index is 0.00113. The lowest BCUT2D eigenvalue weighted by atomic mass is 9.86. The summed E-state index contributed by atoms with van der Waals surface area (Å²) in [5.41, 5.74) is 1.79. The van der Waals surface area contributed by atoms with Crippen LogP contribution in [0.2, 0.25) is 5.02 Å². The first-order valence-electron chi connectivity index (χ1n) is 8.28. The molecule has 1 unspecified atom stereocenters. The van der Waals surface area contributed by atoms with Crippen molar-refractivity contribution in [3.8, 4) is 5.75 Å². The Hall–Kier alpha value is -2.53. The third-order valence-electron chi connectivity index (χ3n) is 3.97. The first-order chi connectivity index (χ1) is 12.1. The number of nitrogens with one attached hydrogen (secondary N) is 2. The molecule has 0 spiro atoms. The maximum Gasteiger partial charge on any atom is 0.251 e. The van der Waals surface area contributed by atoms with E-state index >= 15 is 0 Å². The molecule has 0 aliphatic rings. The summed E-state index contributed by atoms with van der Waals surface area (Å²) in [6.07, 6.45) is 0. The van der Waals surface area contributed by atoms with Gasteiger partial charge < -0.3 is 15.7 Å². The first kappa shape index (κ1) is 19.8. The quantitative estimate of drug-likeness (QED) is 0.705. The van der Waals surface area contributed by atoms with E-state index in [1.807, 2.05) is 12.1 Å². The number of carbonyl (C=O) groups is 2. The van der Waals surface area contributed by atoms with Gasteiger partial charge >= 0.3 is 0 Å². The number of hydrogen-bond acceptors (Lipinski definition) is 3. The molecule has 0 saturated carbocycles. The van der Waals surface area contributed by atoms with Gasteiger partial charge in [-0.25, -0.2) is 0 Å². The largest absolute Gasteiger partial charge is 0.506 e. The maximum absolute atomic E-state index is 12.3. The number of phenolic OH excluding ortho intramolecular Hbond substituents is 1. The zero-order valence-corrected chi connectivity index (χ0v) is 16.0. The molecule has 2 aromatic rings. The Balaban J connectivity index is 2.02. The molecule has 0 saturated heterocycles. The van der Waals surface area contributed by atoms with E-state index in [-0.39, 0.29) is 22.8 Å². The smallest absolute Gasteiger partial charge is 0.251 e. The van der Waals surface area contributed by atoms with Gasteiger partial charge in [-0.3, -0.25) is 9.59 Å². The number of hydrogen-bond donors (Lipinski definition) is 3. The molecule has 5 nitrogen and oxygen atoms in total. The minimum atomic E-state index is -0.789. The molecule has 2 aromatic carbocycles. The number of phenols is 1. The molecule has 0 heterocycles. The van der Waals surface area contributed by atoms with Gasteiger partial charge in [0.2, 0.25) is 5.91 Å². The Kier molecular flexibility index (Phi) is 5.93. The summed E-state index contributed by atoms with van der Waals surface area (Å²) in [7, 11) is 0. The molecular weight excluding hydrogens is 352 g/mol. The molecule has 2 rings (SSSR count). The van der Waals surface area contributed by atoms with E-state index in [2.05, 4.69) is 31.4 Å². The maximum atomic E-state index is 12.3. The molecule has 2 amide bonds. The first-order valence-corrected chi connectivity index (χ1v) is 8.66. The second-order valence-corrected chi connectivity index (χ2v) is 7.61. The van der Waals surface area contributed by atoms with Crippen LogP contribution in [0.3, 0.4) is 0 Å². The Morgan fingerprint density at radius 2 is 1.69 bits per heavy atom. The zero-order valence-electron chi connectivity index (χ0n) is 15.3. The standard InChI is InChI=1S/C20H23ClN2O3/c1-12(18(25)23-16-11-15(21)9-10-17(16)24)22-19(26)13-5-7-14(8-6-13)20(2,3)4/h5-12,24H,1-4H3,(H,22,26)(H,23,25). The Morgan fingerprint density at radius 1 is 1.08 bits per heavy atom. The van der Waals surface area contributed by atoms with E-state index in [1.165, 1.54) is 18.2 Å². The number of rotatable bonds is 4. The Morgan fingerprint density at radius 3 is 2.27 bits per heavy atom. The third-order valence-corrected chi connectivity index (χ3v) is 4.21. The molecule has 6 heteroatoms. The fourth-order valence-corrected chi connectivity index (χ4v) is 2.49. The second kappa shape index (κ2) is 7.79. The van der Waals surface area contributed by atoms with Crippen molar-refractivity contribution in [2.45, 2.75) is 39.2 Å². The van der Waals surface area contributed by atoms with Crippen LogP contribution < -0.4 is 10.6 Å². The molecule has 26 heavy (non-hydrogen) atoms. The van der Waals surface area contributed by atoms with Crippen LogP contribution in [0, 0.1) is 0 Å². The summed E-state index contributed by atoms with van der Waals surface area (Å²) in [6, 6.07) is 10.8. The van der Waals surface area contributed by atoms with Gasteiger partial charge in [0.25, 0.3) is 5.91 Å². The van der Waals surface area contributed by atoms with Crippen LogP contribution in [0.4, 0.5) is 5.69 Å². The summed E-state index contributed by atoms with van der Waals surface area (Å²) in [5, 5.41) is 15.3. The second-order valence-electron chi connectivity index (χ2n) is 7.17. The topological polar surface area (TPSA) is 78.4 Å². The van der Waals surface area contributed by atoms with Gasteiger partial charge in [-0.05, 0) is 48.2 Å². The highest BCUT2D eigenvalue weighted by molar-refractivity contribution is 6.31. The molecule has 138 valence electrons. The molecular formula is C20H23ClN2O3. The fraction of sp³-hybridized carbons (Fsp3) is 0.300. The van der Waals surface area contributed by atoms with Crippen molar-refractivity contribution in [1.29, 1.82) is 0 Å². The SMILES string of the molecule is CC(NC(=O)c1ccc(C(C)(C)C)cc1)C(=O)Nc1cc(Cl)ccc1O. The summed E-state index contributed by atoms with van der Waals surface area (Å²) in [5.74, 6) is -0.898. The van der Waals surface area contributed by atoms with Crippen molar-refractivity contribution in [3.05, 3.63) is 58.6 Å². The highest BCUT2D eigenvalue weighted by atomic mass is 35.5. The van der Waals surface area contributed by atoms with E-state index in [4.69, 9.17) is 11.6 Å². The average molecular weight is 375 g/mol. The lowest BCUT2D eigenvalue weighted by molar-refractivity contribution is -0.117. The summed E-state index contributed by atoms with van der Waals surface area (Å²) >= 11 is 5.86. The van der Waals surface area contributed by atoms with Crippen LogP contribution in [0.5, 0.6) is 5.75 Å². The van der Waals surface area contributed by atoms with Crippen molar-refractivity contribution in [2.24, 2.45) is 0 Å². The van der Waals surface area contributed by atoms with Crippen molar-refractivity contribution >= 4 is 29.1 Å². The fourth-order valence-electron chi connectivity index (χ4n) is 2.32. The van der Waals surface area contributed by atoms with Crippen molar-refractivity contribution in [2.75, 3.05) is 5.32 Å². The highest BCUT2D eigenvalue weighted by Gasteiger charge is 2.19. The van der Waals surface area contributed by atoms with Crippen molar-refractivity contribution < 1.29 is 14.7 Å². The predicted molar refractivity (Wildman–Crippen MR) is 104 cm³/mol. The number of aromatic hydroxyl groups is 1. The number of anilines is 1. The number of amides is 2. The van der Waals surface area contributed by atoms with Crippen LogP contribution in [-0.4, -0.2) is 23.0 Å². The average Bonchev–Trinajstić information content (AvgIpc) is 2.57. The van der Waals surface area contributed by atoms with Gasteiger partial charge in [-0.15, -0.1) is 0 Å². The molecule has 0 radical (unpaired) electrons.